The summed E-state index contributed by atoms with van der Waals surface area (Å²) in [5.41, 5.74) is 0.688. The number of nitrogens with zero attached hydrogens (tertiary/aromatic N) is 1. The molecule has 0 radical (unpaired) electrons. The summed E-state index contributed by atoms with van der Waals surface area (Å²) in [5.74, 6) is 1.84. The average Bonchev–Trinajstić information content (AvgIpc) is 3.31. The van der Waals surface area contributed by atoms with Gasteiger partial charge in [-0.25, -0.2) is 0 Å². The Labute approximate surface area is 200 Å². The van der Waals surface area contributed by atoms with Crippen LogP contribution in [0.15, 0.2) is 59.0 Å². The fourth-order valence-corrected chi connectivity index (χ4v) is 4.29. The Hall–Kier alpha value is -3.48. The Kier molecular flexibility index (Phi) is 7.72. The molecule has 180 valence electrons. The minimum absolute atomic E-state index is 0.0159. The van der Waals surface area contributed by atoms with Crippen LogP contribution in [0.1, 0.15) is 44.9 Å². The smallest absolute Gasteiger partial charge is 0.226 e. The van der Waals surface area contributed by atoms with E-state index in [1.807, 2.05) is 68.4 Å². The van der Waals surface area contributed by atoms with E-state index in [1.54, 1.807) is 4.90 Å². The van der Waals surface area contributed by atoms with Crippen LogP contribution >= 0.6 is 0 Å². The first-order chi connectivity index (χ1) is 16.5. The normalized spacial score (nSPS) is 16.8. The van der Waals surface area contributed by atoms with Crippen LogP contribution in [0.4, 0.5) is 0 Å². The number of likely N-dealkylation sites (tertiary alicyclic amines) is 1. The molecule has 7 nitrogen and oxygen atoms in total. The van der Waals surface area contributed by atoms with E-state index in [0.29, 0.717) is 49.8 Å². The molecule has 3 aromatic rings. The summed E-state index contributed by atoms with van der Waals surface area (Å²) >= 11 is 0. The van der Waals surface area contributed by atoms with Crippen molar-refractivity contribution in [3.05, 3.63) is 60.4 Å². The maximum absolute atomic E-state index is 13.0. The number of nitrogens with one attached hydrogen (secondary N) is 1. The summed E-state index contributed by atoms with van der Waals surface area (Å²) in [5, 5.41) is 4.01. The van der Waals surface area contributed by atoms with Gasteiger partial charge in [-0.1, -0.05) is 30.3 Å². The monoisotopic (exact) mass is 464 g/mol. The molecule has 1 aliphatic heterocycles. The van der Waals surface area contributed by atoms with Gasteiger partial charge in [0, 0.05) is 18.5 Å². The summed E-state index contributed by atoms with van der Waals surface area (Å²) in [6.45, 7) is 5.81. The quantitative estimate of drug-likeness (QED) is 0.496. The highest BCUT2D eigenvalue weighted by atomic mass is 16.5. The van der Waals surface area contributed by atoms with Gasteiger partial charge in [0.15, 0.2) is 11.3 Å². The van der Waals surface area contributed by atoms with Gasteiger partial charge in [0.05, 0.1) is 31.6 Å². The Balaban J connectivity index is 1.30. The number of rotatable bonds is 9. The molecule has 1 saturated heterocycles. The summed E-state index contributed by atoms with van der Waals surface area (Å²) in [4.78, 5) is 27.4. The van der Waals surface area contributed by atoms with Crippen LogP contribution in [0, 0.1) is 5.92 Å². The Morgan fingerprint density at radius 3 is 2.76 bits per heavy atom. The Morgan fingerprint density at radius 1 is 1.15 bits per heavy atom. The number of piperidine rings is 1. The minimum Gasteiger partial charge on any atom is -0.493 e. The molecule has 0 saturated carbocycles. The third-order valence-corrected chi connectivity index (χ3v) is 6.09. The maximum Gasteiger partial charge on any atom is 0.226 e. The van der Waals surface area contributed by atoms with Crippen molar-refractivity contribution < 1.29 is 23.5 Å². The van der Waals surface area contributed by atoms with E-state index in [0.717, 1.165) is 24.0 Å². The molecule has 0 spiro atoms. The third-order valence-electron chi connectivity index (χ3n) is 6.09. The predicted molar refractivity (Wildman–Crippen MR) is 130 cm³/mol. The SMILES string of the molecule is CCOc1cccc2cc(C(C)NC(=O)C3CCCN(C(=O)CCOc4ccccc4)C3)oc12. The maximum atomic E-state index is 13.0. The van der Waals surface area contributed by atoms with Crippen molar-refractivity contribution in [1.82, 2.24) is 10.2 Å². The minimum atomic E-state index is -0.292. The topological polar surface area (TPSA) is 81.0 Å². The molecule has 0 bridgehead atoms. The molecule has 1 fully saturated rings. The number of hydrogen-bond acceptors (Lipinski definition) is 5. The molecule has 1 aromatic heterocycles. The first-order valence-corrected chi connectivity index (χ1v) is 12.0. The molecule has 4 rings (SSSR count). The number of amides is 2. The Morgan fingerprint density at radius 2 is 1.97 bits per heavy atom. The second-order valence-corrected chi connectivity index (χ2v) is 8.58. The number of fused-ring (bicyclic) bond motifs is 1. The lowest BCUT2D eigenvalue weighted by atomic mass is 9.96. The molecule has 1 aliphatic rings. The summed E-state index contributed by atoms with van der Waals surface area (Å²) in [6.07, 6.45) is 1.86. The van der Waals surface area contributed by atoms with Crippen LogP contribution < -0.4 is 14.8 Å². The van der Waals surface area contributed by atoms with Crippen LogP contribution in [0.3, 0.4) is 0 Å². The number of para-hydroxylation sites is 2. The fourth-order valence-electron chi connectivity index (χ4n) is 4.29. The van der Waals surface area contributed by atoms with E-state index in [4.69, 9.17) is 13.9 Å². The molecule has 2 unspecified atom stereocenters. The number of hydrogen-bond donors (Lipinski definition) is 1. The zero-order valence-corrected chi connectivity index (χ0v) is 19.8. The van der Waals surface area contributed by atoms with Gasteiger partial charge in [-0.05, 0) is 51.0 Å². The number of ether oxygens (including phenoxy) is 2. The largest absolute Gasteiger partial charge is 0.493 e. The molecule has 2 aromatic carbocycles. The Bertz CT molecular complexity index is 1110. The molecular weight excluding hydrogens is 432 g/mol. The van der Waals surface area contributed by atoms with E-state index in [-0.39, 0.29) is 23.8 Å². The molecule has 0 aliphatic carbocycles. The van der Waals surface area contributed by atoms with Crippen LogP contribution in [-0.4, -0.2) is 43.0 Å². The van der Waals surface area contributed by atoms with Crippen molar-refractivity contribution >= 4 is 22.8 Å². The zero-order valence-electron chi connectivity index (χ0n) is 19.8. The van der Waals surface area contributed by atoms with Gasteiger partial charge >= 0.3 is 0 Å². The highest BCUT2D eigenvalue weighted by Crippen LogP contribution is 2.31. The van der Waals surface area contributed by atoms with Crippen molar-refractivity contribution in [3.63, 3.8) is 0 Å². The lowest BCUT2D eigenvalue weighted by Crippen LogP contribution is -2.46. The van der Waals surface area contributed by atoms with Crippen molar-refractivity contribution in [2.45, 2.75) is 39.2 Å². The number of carbonyl (C=O) groups is 2. The lowest BCUT2D eigenvalue weighted by molar-refractivity contribution is -0.136. The highest BCUT2D eigenvalue weighted by Gasteiger charge is 2.29. The van der Waals surface area contributed by atoms with Gasteiger partial charge in [-0.2, -0.15) is 0 Å². The standard InChI is InChI=1S/C27H32N2O5/c1-3-32-23-13-7-9-20-17-24(34-26(20)23)19(2)28-27(31)21-10-8-15-29(18-21)25(30)14-16-33-22-11-5-4-6-12-22/h4-7,9,11-13,17,19,21H,3,8,10,14-16,18H2,1-2H3,(H,28,31). The molecule has 34 heavy (non-hydrogen) atoms. The molecule has 2 amide bonds. The van der Waals surface area contributed by atoms with E-state index in [2.05, 4.69) is 5.32 Å². The number of furan rings is 1. The second kappa shape index (κ2) is 11.1. The van der Waals surface area contributed by atoms with Crippen molar-refractivity contribution in [1.29, 1.82) is 0 Å². The zero-order chi connectivity index (χ0) is 23.9. The lowest BCUT2D eigenvalue weighted by Gasteiger charge is -2.32. The first kappa shape index (κ1) is 23.7. The van der Waals surface area contributed by atoms with Crippen molar-refractivity contribution in [2.75, 3.05) is 26.3 Å². The van der Waals surface area contributed by atoms with Crippen LogP contribution in [0.25, 0.3) is 11.0 Å². The van der Waals surface area contributed by atoms with Crippen LogP contribution in [0.5, 0.6) is 11.5 Å². The van der Waals surface area contributed by atoms with Crippen molar-refractivity contribution in [3.8, 4) is 11.5 Å². The molecule has 2 heterocycles. The van der Waals surface area contributed by atoms with Gasteiger partial charge in [0.25, 0.3) is 0 Å². The predicted octanol–water partition coefficient (Wildman–Crippen LogP) is 4.72. The number of benzene rings is 2. The molecular formula is C27H32N2O5. The van der Waals surface area contributed by atoms with Gasteiger partial charge in [0.1, 0.15) is 11.5 Å². The fraction of sp³-hybridized carbons (Fsp3) is 0.407. The van der Waals surface area contributed by atoms with Gasteiger partial charge in [-0.3, -0.25) is 9.59 Å². The average molecular weight is 465 g/mol. The van der Waals surface area contributed by atoms with Gasteiger partial charge in [0.2, 0.25) is 11.8 Å². The van der Waals surface area contributed by atoms with E-state index in [9.17, 15) is 9.59 Å². The van der Waals surface area contributed by atoms with E-state index < -0.39 is 0 Å². The molecule has 2 atom stereocenters. The summed E-state index contributed by atoms with van der Waals surface area (Å²) < 4.78 is 17.3. The van der Waals surface area contributed by atoms with E-state index >= 15 is 0 Å². The van der Waals surface area contributed by atoms with Crippen molar-refractivity contribution in [2.24, 2.45) is 5.92 Å². The first-order valence-electron chi connectivity index (χ1n) is 12.0. The summed E-state index contributed by atoms with van der Waals surface area (Å²) in [6, 6.07) is 16.9. The third kappa shape index (κ3) is 5.71. The highest BCUT2D eigenvalue weighted by molar-refractivity contribution is 5.84. The number of carbonyl (C=O) groups excluding carboxylic acids is 2. The summed E-state index contributed by atoms with van der Waals surface area (Å²) in [7, 11) is 0. The van der Waals surface area contributed by atoms with E-state index in [1.165, 1.54) is 0 Å². The second-order valence-electron chi connectivity index (χ2n) is 8.58. The van der Waals surface area contributed by atoms with Crippen LogP contribution in [-0.2, 0) is 9.59 Å². The molecule has 7 heteroatoms. The van der Waals surface area contributed by atoms with Gasteiger partial charge in [-0.15, -0.1) is 0 Å². The van der Waals surface area contributed by atoms with Crippen LogP contribution in [0.2, 0.25) is 0 Å². The molecule has 1 N–H and O–H groups in total. The van der Waals surface area contributed by atoms with Gasteiger partial charge < -0.3 is 24.1 Å².